The molecule has 94 valence electrons. The van der Waals surface area contributed by atoms with Gasteiger partial charge in [-0.25, -0.2) is 0 Å². The van der Waals surface area contributed by atoms with Crippen molar-refractivity contribution in [1.82, 2.24) is 0 Å². The molecule has 1 aromatic rings. The summed E-state index contributed by atoms with van der Waals surface area (Å²) in [4.78, 5) is 1.39. The third-order valence-corrected chi connectivity index (χ3v) is 4.08. The first kappa shape index (κ1) is 12.8. The van der Waals surface area contributed by atoms with Crippen LogP contribution in [0.15, 0.2) is 23.1 Å². The zero-order chi connectivity index (χ0) is 12.3. The molecule has 0 radical (unpaired) electrons. The van der Waals surface area contributed by atoms with Gasteiger partial charge in [0.1, 0.15) is 0 Å². The maximum Gasteiger partial charge on any atom is 0.0481 e. The number of thioether (sulfide) groups is 1. The fraction of sp³-hybridized carbons (Fsp3) is 0.571. The number of nitrogens with two attached hydrogens (primary N) is 1. The highest BCUT2D eigenvalue weighted by Gasteiger charge is 2.11. The summed E-state index contributed by atoms with van der Waals surface area (Å²) in [6.45, 7) is 5.27. The van der Waals surface area contributed by atoms with E-state index >= 15 is 0 Å². The van der Waals surface area contributed by atoms with Gasteiger partial charge in [0.05, 0.1) is 0 Å². The maximum absolute atomic E-state index is 5.99. The van der Waals surface area contributed by atoms with Crippen LogP contribution in [0.1, 0.15) is 32.3 Å². The zero-order valence-electron chi connectivity index (χ0n) is 10.8. The second kappa shape index (κ2) is 5.32. The minimum Gasteiger partial charge on any atom is -0.383 e. The summed E-state index contributed by atoms with van der Waals surface area (Å²) in [6.07, 6.45) is 3.36. The molecule has 0 bridgehead atoms. The van der Waals surface area contributed by atoms with Crippen LogP contribution in [0.3, 0.4) is 0 Å². The lowest BCUT2D eigenvalue weighted by Gasteiger charge is -2.20. The molecule has 1 aliphatic heterocycles. The molecule has 1 aliphatic rings. The van der Waals surface area contributed by atoms with Crippen molar-refractivity contribution < 1.29 is 0 Å². The van der Waals surface area contributed by atoms with Crippen LogP contribution in [0.25, 0.3) is 0 Å². The van der Waals surface area contributed by atoms with Crippen LogP contribution in [0, 0.1) is 0 Å². The average molecular weight is 250 g/mol. The normalized spacial score (nSPS) is 15.2. The highest BCUT2D eigenvalue weighted by molar-refractivity contribution is 7.99. The highest BCUT2D eigenvalue weighted by Crippen LogP contribution is 2.31. The number of rotatable bonds is 4. The van der Waals surface area contributed by atoms with Crippen LogP contribution in [-0.4, -0.2) is 17.8 Å². The fourth-order valence-electron chi connectivity index (χ4n) is 2.09. The standard InChI is InChI=1S/C14H22N2S/c1-14(2,15)7-3-4-11-5-6-13-12(10-11)16-8-9-17-13/h5-6,10,16H,3-4,7-9,15H2,1-2H3. The van der Waals surface area contributed by atoms with Crippen molar-refractivity contribution >= 4 is 17.4 Å². The van der Waals surface area contributed by atoms with Crippen molar-refractivity contribution in [3.63, 3.8) is 0 Å². The van der Waals surface area contributed by atoms with Crippen LogP contribution in [0.4, 0.5) is 5.69 Å². The number of nitrogens with one attached hydrogen (secondary N) is 1. The number of hydrogen-bond donors (Lipinski definition) is 2. The van der Waals surface area contributed by atoms with Crippen molar-refractivity contribution in [2.75, 3.05) is 17.6 Å². The number of hydrogen-bond acceptors (Lipinski definition) is 3. The van der Waals surface area contributed by atoms with E-state index < -0.39 is 0 Å². The van der Waals surface area contributed by atoms with Gasteiger partial charge in [0.25, 0.3) is 0 Å². The Bertz CT molecular complexity index is 382. The molecule has 2 nitrogen and oxygen atoms in total. The SMILES string of the molecule is CC(C)(N)CCCc1ccc2c(c1)NCCS2. The van der Waals surface area contributed by atoms with Gasteiger partial charge in [-0.3, -0.25) is 0 Å². The lowest BCUT2D eigenvalue weighted by molar-refractivity contribution is 0.459. The second-order valence-corrected chi connectivity index (χ2v) is 6.58. The molecular weight excluding hydrogens is 228 g/mol. The lowest BCUT2D eigenvalue weighted by atomic mass is 9.97. The first-order valence-electron chi connectivity index (χ1n) is 6.33. The van der Waals surface area contributed by atoms with E-state index in [-0.39, 0.29) is 5.54 Å². The van der Waals surface area contributed by atoms with E-state index in [0.29, 0.717) is 0 Å². The third-order valence-electron chi connectivity index (χ3n) is 3.01. The Morgan fingerprint density at radius 1 is 1.41 bits per heavy atom. The first-order valence-corrected chi connectivity index (χ1v) is 7.32. The number of fused-ring (bicyclic) bond motifs is 1. The molecule has 0 aliphatic carbocycles. The van der Waals surface area contributed by atoms with E-state index in [9.17, 15) is 0 Å². The van der Waals surface area contributed by atoms with Crippen molar-refractivity contribution in [2.24, 2.45) is 5.73 Å². The van der Waals surface area contributed by atoms with E-state index in [1.807, 2.05) is 11.8 Å². The average Bonchev–Trinajstić information content (AvgIpc) is 2.27. The molecule has 0 saturated heterocycles. The Balaban J connectivity index is 1.93. The smallest absolute Gasteiger partial charge is 0.0481 e. The Hall–Kier alpha value is -0.670. The Morgan fingerprint density at radius 2 is 2.24 bits per heavy atom. The Labute approximate surface area is 108 Å². The predicted octanol–water partition coefficient (Wildman–Crippen LogP) is 3.26. The molecule has 0 atom stereocenters. The summed E-state index contributed by atoms with van der Waals surface area (Å²) in [6, 6.07) is 6.79. The van der Waals surface area contributed by atoms with Crippen LogP contribution < -0.4 is 11.1 Å². The summed E-state index contributed by atoms with van der Waals surface area (Å²) in [5.74, 6) is 1.17. The highest BCUT2D eigenvalue weighted by atomic mass is 32.2. The van der Waals surface area contributed by atoms with Gasteiger partial charge >= 0.3 is 0 Å². The number of aryl methyl sites for hydroxylation is 1. The van der Waals surface area contributed by atoms with Gasteiger partial charge in [0, 0.05) is 28.4 Å². The maximum atomic E-state index is 5.99. The van der Waals surface area contributed by atoms with E-state index in [1.54, 1.807) is 0 Å². The van der Waals surface area contributed by atoms with Gasteiger partial charge in [0.2, 0.25) is 0 Å². The van der Waals surface area contributed by atoms with Gasteiger partial charge in [-0.05, 0) is 50.8 Å². The molecule has 0 aromatic heterocycles. The predicted molar refractivity (Wildman–Crippen MR) is 76.9 cm³/mol. The molecular formula is C14H22N2S. The topological polar surface area (TPSA) is 38.0 Å². The van der Waals surface area contributed by atoms with E-state index in [1.165, 1.54) is 21.9 Å². The van der Waals surface area contributed by atoms with Crippen LogP contribution in [-0.2, 0) is 6.42 Å². The number of benzene rings is 1. The Morgan fingerprint density at radius 3 is 3.00 bits per heavy atom. The minimum absolute atomic E-state index is 0.0394. The largest absolute Gasteiger partial charge is 0.383 e. The molecule has 0 spiro atoms. The van der Waals surface area contributed by atoms with Gasteiger partial charge in [0.15, 0.2) is 0 Å². The second-order valence-electron chi connectivity index (χ2n) is 5.45. The number of anilines is 1. The van der Waals surface area contributed by atoms with Crippen LogP contribution >= 0.6 is 11.8 Å². The molecule has 3 N–H and O–H groups in total. The van der Waals surface area contributed by atoms with Gasteiger partial charge in [-0.1, -0.05) is 6.07 Å². The monoisotopic (exact) mass is 250 g/mol. The molecule has 3 heteroatoms. The van der Waals surface area contributed by atoms with Crippen LogP contribution in [0.2, 0.25) is 0 Å². The van der Waals surface area contributed by atoms with Crippen LogP contribution in [0.5, 0.6) is 0 Å². The van der Waals surface area contributed by atoms with E-state index in [2.05, 4.69) is 37.4 Å². The van der Waals surface area contributed by atoms with E-state index in [4.69, 9.17) is 5.73 Å². The van der Waals surface area contributed by atoms with Crippen molar-refractivity contribution in [3.05, 3.63) is 23.8 Å². The first-order chi connectivity index (χ1) is 8.04. The quantitative estimate of drug-likeness (QED) is 0.861. The third kappa shape index (κ3) is 3.93. The van der Waals surface area contributed by atoms with Crippen molar-refractivity contribution in [1.29, 1.82) is 0 Å². The summed E-state index contributed by atoms with van der Waals surface area (Å²) in [5, 5.41) is 3.46. The molecule has 0 fully saturated rings. The molecule has 0 unspecified atom stereocenters. The summed E-state index contributed by atoms with van der Waals surface area (Å²) < 4.78 is 0. The zero-order valence-corrected chi connectivity index (χ0v) is 11.6. The fourth-order valence-corrected chi connectivity index (χ4v) is 2.97. The lowest BCUT2D eigenvalue weighted by Crippen LogP contribution is -2.31. The van der Waals surface area contributed by atoms with Gasteiger partial charge < -0.3 is 11.1 Å². The summed E-state index contributed by atoms with van der Waals surface area (Å²) >= 11 is 1.94. The molecule has 0 amide bonds. The molecule has 0 saturated carbocycles. The summed E-state index contributed by atoms with van der Waals surface area (Å²) in [5.41, 5.74) is 8.69. The molecule has 1 aromatic carbocycles. The molecule has 1 heterocycles. The van der Waals surface area contributed by atoms with Gasteiger partial charge in [-0.15, -0.1) is 11.8 Å². The molecule has 17 heavy (non-hydrogen) atoms. The molecule has 2 rings (SSSR count). The Kier molecular flexibility index (Phi) is 4.00. The van der Waals surface area contributed by atoms with Crippen molar-refractivity contribution in [3.8, 4) is 0 Å². The van der Waals surface area contributed by atoms with E-state index in [0.717, 1.165) is 25.8 Å². The van der Waals surface area contributed by atoms with Crippen molar-refractivity contribution in [2.45, 2.75) is 43.5 Å². The summed E-state index contributed by atoms with van der Waals surface area (Å²) in [7, 11) is 0. The van der Waals surface area contributed by atoms with Gasteiger partial charge in [-0.2, -0.15) is 0 Å². The minimum atomic E-state index is -0.0394.